The van der Waals surface area contributed by atoms with E-state index in [9.17, 15) is 14.7 Å². The number of carbonyl (C=O) groups is 2. The molecule has 1 amide bonds. The van der Waals surface area contributed by atoms with Crippen LogP contribution < -0.4 is 0 Å². The molecule has 0 radical (unpaired) electrons. The van der Waals surface area contributed by atoms with E-state index in [-0.39, 0.29) is 34.2 Å². The third-order valence-corrected chi connectivity index (χ3v) is 7.13. The number of hydrogen-bond acceptors (Lipinski definition) is 4. The van der Waals surface area contributed by atoms with Crippen molar-refractivity contribution in [2.75, 3.05) is 32.7 Å². The average molecular weight is 457 g/mol. The molecule has 2 fully saturated rings. The van der Waals surface area contributed by atoms with Gasteiger partial charge in [0.1, 0.15) is 0 Å². The number of carbonyl (C=O) groups excluding carboxylic acids is 1. The molecule has 3 rings (SSSR count). The van der Waals surface area contributed by atoms with Crippen LogP contribution >= 0.6 is 23.2 Å². The lowest BCUT2D eigenvalue weighted by atomic mass is 9.78. The quantitative estimate of drug-likeness (QED) is 0.677. The van der Waals surface area contributed by atoms with E-state index < -0.39 is 5.97 Å². The number of piperidine rings is 2. The van der Waals surface area contributed by atoms with Crippen LogP contribution in [0.25, 0.3) is 0 Å². The second kappa shape index (κ2) is 10.2. The smallest absolute Gasteiger partial charge is 0.317 e. The van der Waals surface area contributed by atoms with Gasteiger partial charge in [0.25, 0.3) is 0 Å². The maximum Gasteiger partial charge on any atom is 0.317 e. The highest BCUT2D eigenvalue weighted by atomic mass is 35.5. The van der Waals surface area contributed by atoms with Gasteiger partial charge >= 0.3 is 5.97 Å². The third-order valence-electron chi connectivity index (χ3n) is 6.55. The van der Waals surface area contributed by atoms with Crippen LogP contribution in [0.15, 0.2) is 12.1 Å². The Labute approximate surface area is 187 Å². The Kier molecular flexibility index (Phi) is 7.88. The van der Waals surface area contributed by atoms with E-state index in [4.69, 9.17) is 28.3 Å². The number of nitrogens with zero attached hydrogens (tertiary/aromatic N) is 2. The number of aromatic hydroxyl groups is 1. The van der Waals surface area contributed by atoms with Crippen LogP contribution in [0.2, 0.25) is 10.0 Å². The summed E-state index contributed by atoms with van der Waals surface area (Å²) in [5.74, 6) is 0.322. The van der Waals surface area contributed by atoms with E-state index in [1.165, 1.54) is 0 Å². The largest absolute Gasteiger partial charge is 0.505 e. The molecule has 1 atom stereocenters. The summed E-state index contributed by atoms with van der Waals surface area (Å²) in [7, 11) is 0. The lowest BCUT2D eigenvalue weighted by Gasteiger charge is -2.40. The third kappa shape index (κ3) is 5.80. The zero-order chi connectivity index (χ0) is 21.8. The Morgan fingerprint density at radius 3 is 2.03 bits per heavy atom. The Morgan fingerprint density at radius 1 is 1.03 bits per heavy atom. The molecule has 2 N–H and O–H groups in total. The first-order valence-corrected chi connectivity index (χ1v) is 11.4. The summed E-state index contributed by atoms with van der Waals surface area (Å²) >= 11 is 12.0. The summed E-state index contributed by atoms with van der Waals surface area (Å²) in [6, 6.07) is 3.32. The Balaban J connectivity index is 1.46. The molecule has 1 aromatic rings. The normalized spacial score (nSPS) is 20.3. The Morgan fingerprint density at radius 2 is 1.53 bits per heavy atom. The fourth-order valence-corrected chi connectivity index (χ4v) is 5.39. The van der Waals surface area contributed by atoms with Crippen LogP contribution in [0.1, 0.15) is 38.2 Å². The highest BCUT2D eigenvalue weighted by molar-refractivity contribution is 6.37. The second-order valence-electron chi connectivity index (χ2n) is 8.68. The topological polar surface area (TPSA) is 81.1 Å². The molecule has 2 saturated heterocycles. The predicted octanol–water partition coefficient (Wildman–Crippen LogP) is 3.91. The molecule has 8 heteroatoms. The number of hydrogen-bond donors (Lipinski definition) is 2. The van der Waals surface area contributed by atoms with Gasteiger partial charge in [-0.25, -0.2) is 0 Å². The van der Waals surface area contributed by atoms with Gasteiger partial charge in [-0.2, -0.15) is 0 Å². The fourth-order valence-electron chi connectivity index (χ4n) is 4.85. The molecule has 2 heterocycles. The van der Waals surface area contributed by atoms with Crippen LogP contribution in [0.5, 0.6) is 5.75 Å². The minimum Gasteiger partial charge on any atom is -0.505 e. The summed E-state index contributed by atoms with van der Waals surface area (Å²) in [5, 5.41) is 19.0. The first-order chi connectivity index (χ1) is 14.2. The van der Waals surface area contributed by atoms with Crippen LogP contribution in [0.3, 0.4) is 0 Å². The molecule has 2 aliphatic rings. The van der Waals surface area contributed by atoms with Crippen molar-refractivity contribution in [1.82, 2.24) is 9.80 Å². The summed E-state index contributed by atoms with van der Waals surface area (Å²) in [4.78, 5) is 27.8. The van der Waals surface area contributed by atoms with E-state index in [1.54, 1.807) is 12.1 Å². The van der Waals surface area contributed by atoms with Crippen molar-refractivity contribution >= 4 is 35.1 Å². The summed E-state index contributed by atoms with van der Waals surface area (Å²) in [5.41, 5.74) is 0.839. The van der Waals surface area contributed by atoms with Gasteiger partial charge in [-0.1, -0.05) is 30.1 Å². The zero-order valence-electron chi connectivity index (χ0n) is 17.3. The maximum absolute atomic E-state index is 12.9. The Hall–Kier alpha value is -1.50. The minimum absolute atomic E-state index is 0.128. The van der Waals surface area contributed by atoms with E-state index in [0.717, 1.165) is 57.4 Å². The van der Waals surface area contributed by atoms with E-state index in [2.05, 4.69) is 0 Å². The Bertz CT molecular complexity index is 749. The maximum atomic E-state index is 12.9. The second-order valence-corrected chi connectivity index (χ2v) is 9.50. The van der Waals surface area contributed by atoms with Crippen molar-refractivity contribution in [2.45, 2.75) is 39.0 Å². The fraction of sp³-hybridized carbons (Fsp3) is 0.636. The van der Waals surface area contributed by atoms with Gasteiger partial charge in [0.15, 0.2) is 5.75 Å². The number of halogens is 2. The molecule has 1 aromatic carbocycles. The number of rotatable bonds is 6. The van der Waals surface area contributed by atoms with Gasteiger partial charge in [0, 0.05) is 19.0 Å². The first kappa shape index (κ1) is 23.2. The predicted molar refractivity (Wildman–Crippen MR) is 117 cm³/mol. The highest BCUT2D eigenvalue weighted by Crippen LogP contribution is 2.35. The summed E-state index contributed by atoms with van der Waals surface area (Å²) in [6.45, 7) is 5.31. The van der Waals surface area contributed by atoms with Crippen molar-refractivity contribution < 1.29 is 19.8 Å². The number of carboxylic acid groups (broad SMARTS) is 1. The number of benzene rings is 1. The summed E-state index contributed by atoms with van der Waals surface area (Å²) < 4.78 is 0. The van der Waals surface area contributed by atoms with Crippen molar-refractivity contribution in [3.8, 4) is 5.75 Å². The lowest BCUT2D eigenvalue weighted by Crippen LogP contribution is -2.45. The van der Waals surface area contributed by atoms with Gasteiger partial charge in [-0.3, -0.25) is 14.5 Å². The zero-order valence-corrected chi connectivity index (χ0v) is 18.8. The number of likely N-dealkylation sites (tertiary alicyclic amines) is 2. The lowest BCUT2D eigenvalue weighted by molar-refractivity contribution is -0.138. The monoisotopic (exact) mass is 456 g/mol. The molecule has 166 valence electrons. The van der Waals surface area contributed by atoms with Crippen LogP contribution in [0, 0.1) is 17.8 Å². The van der Waals surface area contributed by atoms with E-state index in [0.29, 0.717) is 18.3 Å². The molecule has 0 spiro atoms. The van der Waals surface area contributed by atoms with Crippen LogP contribution in [0.4, 0.5) is 0 Å². The van der Waals surface area contributed by atoms with Crippen LogP contribution in [-0.2, 0) is 16.0 Å². The molecule has 6 nitrogen and oxygen atoms in total. The number of phenolic OH excluding ortho intramolecular Hbond substituents is 1. The number of carboxylic acids is 1. The molecule has 0 unspecified atom stereocenters. The molecular formula is C22H30Cl2N2O4. The summed E-state index contributed by atoms with van der Waals surface area (Å²) in [6.07, 6.45) is 4.65. The average Bonchev–Trinajstić information content (AvgIpc) is 2.71. The van der Waals surface area contributed by atoms with Gasteiger partial charge in [-0.15, -0.1) is 0 Å². The van der Waals surface area contributed by atoms with Gasteiger partial charge in [-0.05, 0) is 74.7 Å². The standard InChI is InChI=1S/C22H30Cl2N2O4/c1-14(10-15-11-18(23)21(29)19(24)12-15)22(30)26-8-4-17(5-9-26)16-2-6-25(7-3-16)13-20(27)28/h11-12,14,16-17,29H,2-10,13H2,1H3,(H,27,28)/t14-/m1/s1. The number of amides is 1. The molecule has 2 aliphatic heterocycles. The van der Waals surface area contributed by atoms with Crippen LogP contribution in [-0.4, -0.2) is 64.6 Å². The minimum atomic E-state index is -0.758. The van der Waals surface area contributed by atoms with Crippen molar-refractivity contribution in [1.29, 1.82) is 0 Å². The van der Waals surface area contributed by atoms with E-state index in [1.807, 2.05) is 16.7 Å². The van der Waals surface area contributed by atoms with Gasteiger partial charge in [0.2, 0.25) is 5.91 Å². The molecule has 0 bridgehead atoms. The van der Waals surface area contributed by atoms with Crippen molar-refractivity contribution in [2.24, 2.45) is 17.8 Å². The molecular weight excluding hydrogens is 427 g/mol. The molecule has 30 heavy (non-hydrogen) atoms. The molecule has 0 saturated carbocycles. The molecule has 0 aliphatic carbocycles. The SMILES string of the molecule is C[C@H](Cc1cc(Cl)c(O)c(Cl)c1)C(=O)N1CCC(C2CCN(CC(=O)O)CC2)CC1. The van der Waals surface area contributed by atoms with Gasteiger partial charge < -0.3 is 15.1 Å². The van der Waals surface area contributed by atoms with Crippen molar-refractivity contribution in [3.05, 3.63) is 27.7 Å². The number of aliphatic carboxylic acids is 1. The molecule has 0 aromatic heterocycles. The van der Waals surface area contributed by atoms with Gasteiger partial charge in [0.05, 0.1) is 16.6 Å². The van der Waals surface area contributed by atoms with Crippen molar-refractivity contribution in [3.63, 3.8) is 0 Å². The number of phenols is 1. The first-order valence-electron chi connectivity index (χ1n) is 10.6. The van der Waals surface area contributed by atoms with E-state index >= 15 is 0 Å². The highest BCUT2D eigenvalue weighted by Gasteiger charge is 2.32.